The third kappa shape index (κ3) is 5.72. The second-order valence-corrected chi connectivity index (χ2v) is 10.8. The van der Waals surface area contributed by atoms with Crippen LogP contribution in [-0.2, 0) is 3.07 Å². The molecule has 0 saturated heterocycles. The first kappa shape index (κ1) is 20.8. The van der Waals surface area contributed by atoms with E-state index in [0.717, 1.165) is 30.3 Å². The van der Waals surface area contributed by atoms with E-state index in [9.17, 15) is 0 Å². The molecule has 0 saturated carbocycles. The molecule has 0 bridgehead atoms. The van der Waals surface area contributed by atoms with Crippen LogP contribution >= 0.6 is 23.0 Å². The van der Waals surface area contributed by atoms with Crippen LogP contribution < -0.4 is 30.7 Å². The van der Waals surface area contributed by atoms with Gasteiger partial charge in [-0.3, -0.25) is 0 Å². The predicted molar refractivity (Wildman–Crippen MR) is 107 cm³/mol. The average molecular weight is 567 g/mol. The van der Waals surface area contributed by atoms with E-state index in [-0.39, 0.29) is 21.2 Å². The Morgan fingerprint density at radius 1 is 1.12 bits per heavy atom. The molecule has 25 heavy (non-hydrogen) atoms. The summed E-state index contributed by atoms with van der Waals surface area (Å²) in [4.78, 5) is 0. The van der Waals surface area contributed by atoms with Gasteiger partial charge >= 0.3 is 176 Å². The van der Waals surface area contributed by atoms with Crippen LogP contribution in [0.1, 0.15) is 35.3 Å². The molecule has 0 heterocycles. The number of benzene rings is 2. The zero-order chi connectivity index (χ0) is 18.2. The van der Waals surface area contributed by atoms with Gasteiger partial charge in [-0.2, -0.15) is 0 Å². The molecule has 1 unspecified atom stereocenters. The number of hydrogen-bond donors (Lipinski definition) is 0. The van der Waals surface area contributed by atoms with E-state index in [1.54, 1.807) is 7.11 Å². The van der Waals surface area contributed by atoms with Crippen molar-refractivity contribution in [3.63, 3.8) is 0 Å². The van der Waals surface area contributed by atoms with Gasteiger partial charge in [-0.15, -0.1) is 0 Å². The molecule has 2 aromatic rings. The Labute approximate surface area is 175 Å². The fourth-order valence-electron chi connectivity index (χ4n) is 2.68. The first-order valence-electron chi connectivity index (χ1n) is 8.36. The number of alkyl halides is 2. The minimum absolute atomic E-state index is 0.0196. The number of halogens is 2. The molecule has 2 rings (SSSR count). The van der Waals surface area contributed by atoms with Gasteiger partial charge < -0.3 is 0 Å². The molecular weight excluding hydrogens is 542 g/mol. The van der Waals surface area contributed by atoms with Gasteiger partial charge in [0.1, 0.15) is 0 Å². The number of methoxy groups -OCH3 is 1. The second-order valence-electron chi connectivity index (χ2n) is 5.78. The van der Waals surface area contributed by atoms with Crippen LogP contribution in [0.25, 0.3) is 0 Å². The maximum atomic E-state index is 6.18. The first-order valence-corrected chi connectivity index (χ1v) is 11.7. The summed E-state index contributed by atoms with van der Waals surface area (Å²) in [5, 5.41) is 0. The molecule has 0 aliphatic rings. The topological polar surface area (TPSA) is 27.7 Å². The van der Waals surface area contributed by atoms with E-state index in [0.29, 0.717) is 7.85 Å². The minimum atomic E-state index is -0.0196. The van der Waals surface area contributed by atoms with Crippen molar-refractivity contribution in [2.75, 3.05) is 13.7 Å². The predicted octanol–water partition coefficient (Wildman–Crippen LogP) is 3.09. The van der Waals surface area contributed by atoms with Gasteiger partial charge in [0.05, 0.1) is 0 Å². The van der Waals surface area contributed by atoms with Crippen LogP contribution in [0.5, 0.6) is 17.2 Å². The zero-order valence-electron chi connectivity index (χ0n) is 15.1. The number of ether oxygens (including phenoxy) is 2. The van der Waals surface area contributed by atoms with Crippen molar-refractivity contribution in [1.29, 1.82) is 0 Å². The summed E-state index contributed by atoms with van der Waals surface area (Å²) in [6, 6.07) is 14.1. The zero-order valence-corrected chi connectivity index (χ0v) is 19.4. The molecule has 2 atom stereocenters. The number of rotatable bonds is 9. The van der Waals surface area contributed by atoms with Gasteiger partial charge in [-0.25, -0.2) is 0 Å². The Balaban J connectivity index is 2.34. The standard InChI is InChI=1S/C20H25I2O3/c1-5-18(22-14(2)13-24-21)17-11-12-19(23-4)20(15(17)3)25-16-9-7-6-8-10-16/h6-12,14,18H,5,13H2,1-4H3/q-1/t14?,18-/m0/s1. The average Bonchev–Trinajstić information content (AvgIpc) is 2.63. The normalized spacial score (nSPS) is 13.5. The summed E-state index contributed by atoms with van der Waals surface area (Å²) in [5.74, 6) is 2.43. The Morgan fingerprint density at radius 3 is 2.44 bits per heavy atom. The summed E-state index contributed by atoms with van der Waals surface area (Å²) in [6.07, 6.45) is 1.14. The molecule has 0 radical (unpaired) electrons. The number of para-hydroxylation sites is 1. The van der Waals surface area contributed by atoms with E-state index in [1.807, 2.05) is 59.4 Å². The van der Waals surface area contributed by atoms with E-state index < -0.39 is 0 Å². The molecule has 3 nitrogen and oxygen atoms in total. The van der Waals surface area contributed by atoms with E-state index >= 15 is 0 Å². The summed E-state index contributed by atoms with van der Waals surface area (Å²) in [7, 11) is 1.69. The van der Waals surface area contributed by atoms with Crippen molar-refractivity contribution in [3.05, 3.63) is 53.6 Å². The van der Waals surface area contributed by atoms with Crippen LogP contribution in [0.3, 0.4) is 0 Å². The fraction of sp³-hybridized carbons (Fsp3) is 0.400. The fourth-order valence-corrected chi connectivity index (χ4v) is 7.34. The Kier molecular flexibility index (Phi) is 8.78. The molecule has 0 aliphatic carbocycles. The monoisotopic (exact) mass is 567 g/mol. The van der Waals surface area contributed by atoms with Crippen molar-refractivity contribution >= 4 is 23.0 Å². The summed E-state index contributed by atoms with van der Waals surface area (Å²) in [6.45, 7) is 7.52. The van der Waals surface area contributed by atoms with Gasteiger partial charge in [0.25, 0.3) is 0 Å². The van der Waals surface area contributed by atoms with Crippen molar-refractivity contribution in [1.82, 2.24) is 0 Å². The molecule has 0 spiro atoms. The number of hydrogen-bond acceptors (Lipinski definition) is 3. The third-order valence-corrected chi connectivity index (χ3v) is 8.32. The van der Waals surface area contributed by atoms with Crippen molar-refractivity contribution < 1.29 is 33.7 Å². The van der Waals surface area contributed by atoms with Gasteiger partial charge in [0.15, 0.2) is 0 Å². The molecule has 0 N–H and O–H groups in total. The molecule has 0 aromatic heterocycles. The molecule has 5 heteroatoms. The van der Waals surface area contributed by atoms with Crippen molar-refractivity contribution in [2.45, 2.75) is 35.0 Å². The van der Waals surface area contributed by atoms with Gasteiger partial charge in [-0.05, 0) is 0 Å². The Morgan fingerprint density at radius 2 is 1.84 bits per heavy atom. The summed E-state index contributed by atoms with van der Waals surface area (Å²) < 4.78 is 18.2. The SMILES string of the molecule is CC[C@H]([I-]C(C)COI)c1ccc(OC)c(Oc2ccccc2)c1C. The van der Waals surface area contributed by atoms with Crippen LogP contribution in [0.4, 0.5) is 0 Å². The van der Waals surface area contributed by atoms with E-state index in [1.165, 1.54) is 11.1 Å². The van der Waals surface area contributed by atoms with Crippen molar-refractivity contribution in [2.24, 2.45) is 0 Å². The first-order chi connectivity index (χ1) is 12.1. The Hall–Kier alpha value is -0.540. The van der Waals surface area contributed by atoms with Gasteiger partial charge in [-0.1, -0.05) is 0 Å². The molecule has 0 aliphatic heterocycles. The van der Waals surface area contributed by atoms with Crippen LogP contribution in [0.15, 0.2) is 42.5 Å². The summed E-state index contributed by atoms with van der Waals surface area (Å²) in [5.41, 5.74) is 2.56. The quantitative estimate of drug-likeness (QED) is 0.345. The van der Waals surface area contributed by atoms with Gasteiger partial charge in [0.2, 0.25) is 0 Å². The van der Waals surface area contributed by atoms with Crippen LogP contribution in [-0.4, -0.2) is 17.6 Å². The van der Waals surface area contributed by atoms with Crippen LogP contribution in [0, 0.1) is 6.92 Å². The van der Waals surface area contributed by atoms with Crippen molar-refractivity contribution in [3.8, 4) is 17.2 Å². The second kappa shape index (κ2) is 10.6. The molecule has 0 fully saturated rings. The molecule has 2 aromatic carbocycles. The maximum absolute atomic E-state index is 6.18. The van der Waals surface area contributed by atoms with E-state index in [2.05, 4.69) is 26.8 Å². The summed E-state index contributed by atoms with van der Waals surface area (Å²) >= 11 is 1.97. The molecule has 0 amide bonds. The molecular formula is C20H25I2O3-. The molecule has 138 valence electrons. The van der Waals surface area contributed by atoms with Gasteiger partial charge in [0, 0.05) is 0 Å². The third-order valence-electron chi connectivity index (χ3n) is 3.95. The Bertz CT molecular complexity index is 661. The van der Waals surface area contributed by atoms with Crippen LogP contribution in [0.2, 0.25) is 0 Å². The van der Waals surface area contributed by atoms with E-state index in [4.69, 9.17) is 12.5 Å².